The van der Waals surface area contributed by atoms with Gasteiger partial charge in [-0.2, -0.15) is 12.6 Å². The Labute approximate surface area is 114 Å². The van der Waals surface area contributed by atoms with Crippen molar-refractivity contribution in [3.8, 4) is 11.5 Å². The predicted octanol–water partition coefficient (Wildman–Crippen LogP) is 3.97. The highest BCUT2D eigenvalue weighted by atomic mass is 32.1. The van der Waals surface area contributed by atoms with E-state index in [1.165, 1.54) is 0 Å². The first kappa shape index (κ1) is 13.0. The fraction of sp³-hybridized carbons (Fsp3) is 0.200. The van der Waals surface area contributed by atoms with Crippen molar-refractivity contribution in [2.75, 3.05) is 14.1 Å². The maximum Gasteiger partial charge on any atom is 0.127 e. The molecule has 0 aromatic heterocycles. The van der Waals surface area contributed by atoms with E-state index in [9.17, 15) is 0 Å². The molecule has 2 nitrogen and oxygen atoms in total. The quantitative estimate of drug-likeness (QED) is 0.659. The van der Waals surface area contributed by atoms with Crippen LogP contribution in [0.15, 0.2) is 54.6 Å². The van der Waals surface area contributed by atoms with Crippen molar-refractivity contribution < 1.29 is 4.74 Å². The lowest BCUT2D eigenvalue weighted by Crippen LogP contribution is -2.14. The molecule has 0 aliphatic heterocycles. The Morgan fingerprint density at radius 2 is 1.44 bits per heavy atom. The standard InChI is InChI=1S/C15H17NOS/c1-16(2)15(18)12-8-10-14(11-9-12)17-13-6-4-3-5-7-13/h3-11,15,18H,1-2H3. The van der Waals surface area contributed by atoms with Crippen LogP contribution >= 0.6 is 12.6 Å². The molecule has 0 saturated carbocycles. The van der Waals surface area contributed by atoms with E-state index in [1.807, 2.05) is 68.7 Å². The number of para-hydroxylation sites is 1. The number of ether oxygens (including phenoxy) is 1. The maximum absolute atomic E-state index is 5.74. The van der Waals surface area contributed by atoms with Crippen molar-refractivity contribution in [1.82, 2.24) is 4.90 Å². The Morgan fingerprint density at radius 1 is 0.889 bits per heavy atom. The third-order valence-electron chi connectivity index (χ3n) is 2.65. The lowest BCUT2D eigenvalue weighted by molar-refractivity contribution is 0.393. The van der Waals surface area contributed by atoms with Gasteiger partial charge in [0.05, 0.1) is 5.37 Å². The van der Waals surface area contributed by atoms with Crippen LogP contribution in [0.1, 0.15) is 10.9 Å². The molecule has 1 unspecified atom stereocenters. The lowest BCUT2D eigenvalue weighted by Gasteiger charge is -2.19. The number of thiol groups is 1. The molecule has 0 amide bonds. The van der Waals surface area contributed by atoms with Gasteiger partial charge in [-0.05, 0) is 43.9 Å². The third kappa shape index (κ3) is 3.28. The largest absolute Gasteiger partial charge is 0.457 e. The summed E-state index contributed by atoms with van der Waals surface area (Å²) in [7, 11) is 4.01. The van der Waals surface area contributed by atoms with Gasteiger partial charge < -0.3 is 4.74 Å². The van der Waals surface area contributed by atoms with Crippen LogP contribution in [0.5, 0.6) is 11.5 Å². The maximum atomic E-state index is 5.74. The van der Waals surface area contributed by atoms with Crippen LogP contribution in [-0.2, 0) is 0 Å². The smallest absolute Gasteiger partial charge is 0.127 e. The summed E-state index contributed by atoms with van der Waals surface area (Å²) in [5, 5.41) is 0.107. The van der Waals surface area contributed by atoms with E-state index in [0.717, 1.165) is 17.1 Å². The molecule has 3 heteroatoms. The number of hydrogen-bond donors (Lipinski definition) is 1. The minimum absolute atomic E-state index is 0.107. The highest BCUT2D eigenvalue weighted by Gasteiger charge is 2.08. The molecule has 0 spiro atoms. The lowest BCUT2D eigenvalue weighted by atomic mass is 10.2. The van der Waals surface area contributed by atoms with E-state index in [2.05, 4.69) is 17.5 Å². The molecule has 0 bridgehead atoms. The molecule has 2 aromatic rings. The summed E-state index contributed by atoms with van der Waals surface area (Å²) in [6, 6.07) is 17.8. The number of rotatable bonds is 4. The summed E-state index contributed by atoms with van der Waals surface area (Å²) in [5.74, 6) is 1.68. The molecule has 2 aromatic carbocycles. The topological polar surface area (TPSA) is 12.5 Å². The molecule has 0 saturated heterocycles. The van der Waals surface area contributed by atoms with Crippen LogP contribution in [0.4, 0.5) is 0 Å². The molecule has 0 radical (unpaired) electrons. The second-order valence-electron chi connectivity index (χ2n) is 4.32. The molecule has 0 aliphatic rings. The molecular formula is C15H17NOS. The predicted molar refractivity (Wildman–Crippen MR) is 78.4 cm³/mol. The van der Waals surface area contributed by atoms with Gasteiger partial charge in [-0.1, -0.05) is 30.3 Å². The molecule has 0 fully saturated rings. The van der Waals surface area contributed by atoms with Crippen molar-refractivity contribution >= 4 is 12.6 Å². The zero-order valence-corrected chi connectivity index (χ0v) is 11.5. The summed E-state index contributed by atoms with van der Waals surface area (Å²) >= 11 is 4.53. The van der Waals surface area contributed by atoms with E-state index < -0.39 is 0 Å². The van der Waals surface area contributed by atoms with E-state index in [4.69, 9.17) is 4.74 Å². The van der Waals surface area contributed by atoms with Crippen molar-refractivity contribution in [2.45, 2.75) is 5.37 Å². The molecule has 0 N–H and O–H groups in total. The Morgan fingerprint density at radius 3 is 2.00 bits per heavy atom. The molecule has 0 heterocycles. The Bertz CT molecular complexity index is 482. The summed E-state index contributed by atoms with van der Waals surface area (Å²) in [5.41, 5.74) is 1.16. The van der Waals surface area contributed by atoms with Gasteiger partial charge in [-0.25, -0.2) is 0 Å². The average molecular weight is 259 g/mol. The SMILES string of the molecule is CN(C)C(S)c1ccc(Oc2ccccc2)cc1. The van der Waals surface area contributed by atoms with Gasteiger partial charge in [-0.3, -0.25) is 4.90 Å². The summed E-state index contributed by atoms with van der Waals surface area (Å²) in [6.07, 6.45) is 0. The van der Waals surface area contributed by atoms with Crippen molar-refractivity contribution in [1.29, 1.82) is 0 Å². The molecule has 18 heavy (non-hydrogen) atoms. The first-order valence-corrected chi connectivity index (χ1v) is 6.36. The molecular weight excluding hydrogens is 242 g/mol. The van der Waals surface area contributed by atoms with Gasteiger partial charge >= 0.3 is 0 Å². The zero-order valence-electron chi connectivity index (χ0n) is 10.6. The van der Waals surface area contributed by atoms with E-state index in [-0.39, 0.29) is 5.37 Å². The van der Waals surface area contributed by atoms with Crippen LogP contribution in [0.2, 0.25) is 0 Å². The highest BCUT2D eigenvalue weighted by Crippen LogP contribution is 2.26. The minimum Gasteiger partial charge on any atom is -0.457 e. The van der Waals surface area contributed by atoms with Gasteiger partial charge in [0.25, 0.3) is 0 Å². The van der Waals surface area contributed by atoms with Gasteiger partial charge in [0.2, 0.25) is 0 Å². The Balaban J connectivity index is 2.09. The third-order valence-corrected chi connectivity index (χ3v) is 3.41. The van der Waals surface area contributed by atoms with E-state index >= 15 is 0 Å². The van der Waals surface area contributed by atoms with Gasteiger partial charge in [0, 0.05) is 0 Å². The average Bonchev–Trinajstić information content (AvgIpc) is 2.40. The molecule has 2 rings (SSSR count). The highest BCUT2D eigenvalue weighted by molar-refractivity contribution is 7.80. The van der Waals surface area contributed by atoms with Gasteiger partial charge in [0.1, 0.15) is 11.5 Å². The Hall–Kier alpha value is -1.45. The molecule has 94 valence electrons. The summed E-state index contributed by atoms with van der Waals surface area (Å²) in [4.78, 5) is 2.05. The van der Waals surface area contributed by atoms with Crippen LogP contribution in [0.3, 0.4) is 0 Å². The first-order valence-electron chi connectivity index (χ1n) is 5.84. The zero-order chi connectivity index (χ0) is 13.0. The van der Waals surface area contributed by atoms with Crippen LogP contribution in [-0.4, -0.2) is 19.0 Å². The van der Waals surface area contributed by atoms with Crippen LogP contribution < -0.4 is 4.74 Å². The first-order chi connectivity index (χ1) is 8.66. The van der Waals surface area contributed by atoms with E-state index in [1.54, 1.807) is 0 Å². The van der Waals surface area contributed by atoms with E-state index in [0.29, 0.717) is 0 Å². The Kier molecular flexibility index (Phi) is 4.28. The fourth-order valence-electron chi connectivity index (χ4n) is 1.63. The fourth-order valence-corrected chi connectivity index (χ4v) is 1.80. The number of benzene rings is 2. The molecule has 0 aliphatic carbocycles. The summed E-state index contributed by atoms with van der Waals surface area (Å²) in [6.45, 7) is 0. The second kappa shape index (κ2) is 5.94. The monoisotopic (exact) mass is 259 g/mol. The summed E-state index contributed by atoms with van der Waals surface area (Å²) < 4.78 is 5.74. The van der Waals surface area contributed by atoms with Crippen molar-refractivity contribution in [3.63, 3.8) is 0 Å². The van der Waals surface area contributed by atoms with Gasteiger partial charge in [-0.15, -0.1) is 0 Å². The number of nitrogens with zero attached hydrogens (tertiary/aromatic N) is 1. The van der Waals surface area contributed by atoms with Crippen molar-refractivity contribution in [2.24, 2.45) is 0 Å². The minimum atomic E-state index is 0.107. The van der Waals surface area contributed by atoms with Crippen LogP contribution in [0, 0.1) is 0 Å². The number of hydrogen-bond acceptors (Lipinski definition) is 3. The van der Waals surface area contributed by atoms with Crippen molar-refractivity contribution in [3.05, 3.63) is 60.2 Å². The van der Waals surface area contributed by atoms with Crippen LogP contribution in [0.25, 0.3) is 0 Å². The molecule has 1 atom stereocenters. The second-order valence-corrected chi connectivity index (χ2v) is 4.81. The normalized spacial score (nSPS) is 12.4. The van der Waals surface area contributed by atoms with Gasteiger partial charge in [0.15, 0.2) is 0 Å².